The highest BCUT2D eigenvalue weighted by atomic mass is 19.4. The number of halogens is 3. The molecule has 2 aromatic carbocycles. The van der Waals surface area contributed by atoms with Gasteiger partial charge in [-0.15, -0.1) is 0 Å². The number of furan rings is 1. The number of esters is 1. The number of methoxy groups -OCH3 is 1. The first-order valence-corrected chi connectivity index (χ1v) is 12.1. The fourth-order valence-corrected chi connectivity index (χ4v) is 5.01. The van der Waals surface area contributed by atoms with Gasteiger partial charge in [-0.1, -0.05) is 32.0 Å². The molecule has 4 rings (SSSR count). The summed E-state index contributed by atoms with van der Waals surface area (Å²) in [6.45, 7) is 5.79. The van der Waals surface area contributed by atoms with Crippen LogP contribution in [0.4, 0.5) is 13.2 Å². The summed E-state index contributed by atoms with van der Waals surface area (Å²) in [5, 5.41) is 4.19. The van der Waals surface area contributed by atoms with Gasteiger partial charge in [-0.2, -0.15) is 13.2 Å². The van der Waals surface area contributed by atoms with Crippen LogP contribution in [0.25, 0.3) is 21.9 Å². The molecule has 2 atom stereocenters. The Labute approximate surface area is 203 Å². The van der Waals surface area contributed by atoms with E-state index in [0.29, 0.717) is 17.1 Å². The number of likely N-dealkylation sites (tertiary alicyclic amines) is 1. The van der Waals surface area contributed by atoms with Gasteiger partial charge in [0.2, 0.25) is 0 Å². The first-order valence-electron chi connectivity index (χ1n) is 12.1. The highest BCUT2D eigenvalue weighted by Crippen LogP contribution is 2.38. The van der Waals surface area contributed by atoms with E-state index < -0.39 is 24.2 Å². The highest BCUT2D eigenvalue weighted by molar-refractivity contribution is 6.05. The van der Waals surface area contributed by atoms with Crippen LogP contribution in [0.1, 0.15) is 56.2 Å². The van der Waals surface area contributed by atoms with Crippen LogP contribution in [0.3, 0.4) is 0 Å². The van der Waals surface area contributed by atoms with Crippen molar-refractivity contribution in [3.8, 4) is 0 Å². The summed E-state index contributed by atoms with van der Waals surface area (Å²) >= 11 is 0. The Bertz CT molecular complexity index is 1180. The summed E-state index contributed by atoms with van der Waals surface area (Å²) in [7, 11) is 3.31. The molecule has 0 aliphatic carbocycles. The van der Waals surface area contributed by atoms with Gasteiger partial charge in [0.05, 0.1) is 7.11 Å². The minimum absolute atomic E-state index is 0.00254. The third kappa shape index (κ3) is 5.64. The maximum Gasteiger partial charge on any atom is 0.407 e. The molecule has 8 heteroatoms. The maximum atomic E-state index is 14.1. The van der Waals surface area contributed by atoms with Crippen molar-refractivity contribution < 1.29 is 27.1 Å². The van der Waals surface area contributed by atoms with Crippen LogP contribution in [0.5, 0.6) is 0 Å². The second-order valence-electron chi connectivity index (χ2n) is 10.0. The van der Waals surface area contributed by atoms with Crippen LogP contribution in [0.2, 0.25) is 0 Å². The van der Waals surface area contributed by atoms with Gasteiger partial charge in [-0.25, -0.2) is 0 Å². The van der Waals surface area contributed by atoms with Crippen molar-refractivity contribution in [1.82, 2.24) is 10.2 Å². The molecule has 0 saturated carbocycles. The molecule has 0 spiro atoms. The molecule has 0 amide bonds. The summed E-state index contributed by atoms with van der Waals surface area (Å²) in [5.41, 5.74) is 2.28. The van der Waals surface area contributed by atoms with Gasteiger partial charge in [0.25, 0.3) is 0 Å². The van der Waals surface area contributed by atoms with Crippen molar-refractivity contribution in [3.05, 3.63) is 47.5 Å². The molecule has 1 saturated heterocycles. The summed E-state index contributed by atoms with van der Waals surface area (Å²) in [4.78, 5) is 14.5. The Morgan fingerprint density at radius 1 is 1.11 bits per heavy atom. The molecule has 190 valence electrons. The molecule has 1 N–H and O–H groups in total. The van der Waals surface area contributed by atoms with Gasteiger partial charge in [-0.05, 0) is 80.6 Å². The first-order chi connectivity index (χ1) is 16.6. The first kappa shape index (κ1) is 25.5. The predicted octanol–water partition coefficient (Wildman–Crippen LogP) is 6.18. The number of hydrogen-bond donors (Lipinski definition) is 1. The van der Waals surface area contributed by atoms with Crippen LogP contribution >= 0.6 is 0 Å². The molecule has 1 aliphatic rings. The molecule has 0 bridgehead atoms. The lowest BCUT2D eigenvalue weighted by molar-refractivity contribution is -0.164. The lowest BCUT2D eigenvalue weighted by Crippen LogP contribution is -2.45. The molecule has 3 aromatic rings. The second-order valence-corrected chi connectivity index (χ2v) is 10.0. The van der Waals surface area contributed by atoms with Crippen molar-refractivity contribution in [2.45, 2.75) is 57.3 Å². The van der Waals surface area contributed by atoms with E-state index >= 15 is 0 Å². The van der Waals surface area contributed by atoms with Crippen molar-refractivity contribution in [2.24, 2.45) is 5.92 Å². The van der Waals surface area contributed by atoms with Crippen LogP contribution in [-0.4, -0.2) is 50.3 Å². The monoisotopic (exact) mass is 490 g/mol. The topological polar surface area (TPSA) is 54.7 Å². The molecular formula is C27H33F3N2O3. The SMILES string of the molecule is COC(=O)C(CC(C)C)NC(c1ccc2c(c1)oc1ccc(C3CCN(C)CC3)cc12)C(F)(F)F. The number of hydrogen-bond acceptors (Lipinski definition) is 5. The molecule has 0 radical (unpaired) electrons. The van der Waals surface area contributed by atoms with Crippen LogP contribution in [0, 0.1) is 5.92 Å². The largest absolute Gasteiger partial charge is 0.468 e. The van der Waals surface area contributed by atoms with E-state index in [4.69, 9.17) is 9.15 Å². The molecule has 2 unspecified atom stereocenters. The number of alkyl halides is 3. The number of fused-ring (bicyclic) bond motifs is 3. The van der Waals surface area contributed by atoms with Gasteiger partial charge in [0, 0.05) is 10.8 Å². The Hall–Kier alpha value is -2.58. The smallest absolute Gasteiger partial charge is 0.407 e. The zero-order chi connectivity index (χ0) is 25.3. The van der Waals surface area contributed by atoms with E-state index in [-0.39, 0.29) is 17.9 Å². The zero-order valence-corrected chi connectivity index (χ0v) is 20.6. The van der Waals surface area contributed by atoms with E-state index in [1.165, 1.54) is 24.8 Å². The lowest BCUT2D eigenvalue weighted by Gasteiger charge is -2.29. The number of ether oxygens (including phenoxy) is 1. The number of nitrogens with zero attached hydrogens (tertiary/aromatic N) is 1. The molecular weight excluding hydrogens is 457 g/mol. The summed E-state index contributed by atoms with van der Waals surface area (Å²) < 4.78 is 53.0. The Kier molecular flexibility index (Phi) is 7.43. The highest BCUT2D eigenvalue weighted by Gasteiger charge is 2.43. The molecule has 1 fully saturated rings. The average molecular weight is 491 g/mol. The van der Waals surface area contributed by atoms with Crippen molar-refractivity contribution in [2.75, 3.05) is 27.2 Å². The van der Waals surface area contributed by atoms with Gasteiger partial charge in [0.1, 0.15) is 23.2 Å². The Morgan fingerprint density at radius 3 is 2.46 bits per heavy atom. The zero-order valence-electron chi connectivity index (χ0n) is 20.6. The Balaban J connectivity index is 1.68. The van der Waals surface area contributed by atoms with Gasteiger partial charge in [0.15, 0.2) is 0 Å². The molecule has 5 nitrogen and oxygen atoms in total. The van der Waals surface area contributed by atoms with Gasteiger partial charge < -0.3 is 14.1 Å². The molecule has 35 heavy (non-hydrogen) atoms. The number of carbonyl (C=O) groups is 1. The Morgan fingerprint density at radius 2 is 1.83 bits per heavy atom. The fourth-order valence-electron chi connectivity index (χ4n) is 5.01. The van der Waals surface area contributed by atoms with Crippen LogP contribution in [-0.2, 0) is 9.53 Å². The third-order valence-corrected chi connectivity index (χ3v) is 6.93. The van der Waals surface area contributed by atoms with Gasteiger partial charge >= 0.3 is 12.1 Å². The van der Waals surface area contributed by atoms with Crippen molar-refractivity contribution >= 4 is 27.9 Å². The lowest BCUT2D eigenvalue weighted by atomic mass is 9.89. The normalized spacial score (nSPS) is 17.8. The third-order valence-electron chi connectivity index (χ3n) is 6.93. The molecule has 1 aromatic heterocycles. The summed E-state index contributed by atoms with van der Waals surface area (Å²) in [5.74, 6) is -0.230. The predicted molar refractivity (Wildman–Crippen MR) is 130 cm³/mol. The minimum atomic E-state index is -4.61. The van der Waals surface area contributed by atoms with E-state index in [1.807, 2.05) is 19.9 Å². The van der Waals surface area contributed by atoms with Crippen LogP contribution in [0.15, 0.2) is 40.8 Å². The quantitative estimate of drug-likeness (QED) is 0.401. The average Bonchev–Trinajstić information content (AvgIpc) is 3.17. The number of carbonyl (C=O) groups excluding carboxylic acids is 1. The van der Waals surface area contributed by atoms with E-state index in [9.17, 15) is 18.0 Å². The van der Waals surface area contributed by atoms with E-state index in [1.54, 1.807) is 6.07 Å². The minimum Gasteiger partial charge on any atom is -0.468 e. The number of benzene rings is 2. The van der Waals surface area contributed by atoms with E-state index in [2.05, 4.69) is 29.4 Å². The summed E-state index contributed by atoms with van der Waals surface area (Å²) in [6, 6.07) is 7.57. The van der Waals surface area contributed by atoms with Crippen molar-refractivity contribution in [3.63, 3.8) is 0 Å². The molecule has 1 aliphatic heterocycles. The maximum absolute atomic E-state index is 14.1. The summed E-state index contributed by atoms with van der Waals surface area (Å²) in [6.07, 6.45) is -2.21. The second kappa shape index (κ2) is 10.2. The van der Waals surface area contributed by atoms with Crippen molar-refractivity contribution in [1.29, 1.82) is 0 Å². The number of rotatable bonds is 7. The van der Waals surface area contributed by atoms with Crippen LogP contribution < -0.4 is 5.32 Å². The molecule has 2 heterocycles. The van der Waals surface area contributed by atoms with E-state index in [0.717, 1.165) is 36.7 Å². The van der Waals surface area contributed by atoms with Gasteiger partial charge in [-0.3, -0.25) is 10.1 Å². The number of nitrogens with one attached hydrogen (secondary N) is 1. The number of piperidine rings is 1. The standard InChI is InChI=1S/C27H33F3N2O3/c1-16(2)13-22(26(33)34-4)31-25(27(28,29)30)19-5-7-20-21-14-18(17-9-11-32(3)12-10-17)6-8-23(21)35-24(20)15-19/h5-8,14-17,22,25,31H,9-13H2,1-4H3. The fraction of sp³-hybridized carbons (Fsp3) is 0.519.